The van der Waals surface area contributed by atoms with E-state index in [4.69, 9.17) is 21.8 Å². The van der Waals surface area contributed by atoms with Gasteiger partial charge in [0.15, 0.2) is 0 Å². The maximum absolute atomic E-state index is 8.93. The maximum atomic E-state index is 8.93. The quantitative estimate of drug-likeness (QED) is 0.512. The number of halogens is 1. The summed E-state index contributed by atoms with van der Waals surface area (Å²) in [4.78, 5) is 9.02. The summed E-state index contributed by atoms with van der Waals surface area (Å²) < 4.78 is 1.93. The van der Waals surface area contributed by atoms with Crippen molar-refractivity contribution in [3.05, 3.63) is 64.3 Å². The SMILES string of the molecule is Cc1cc(/C=C/c2cc(-c3cncn3C)nc3cc(Cl)c(CCC#N)cc23)n[nH]1. The van der Waals surface area contributed by atoms with Gasteiger partial charge in [-0.25, -0.2) is 9.97 Å². The first-order valence-electron chi connectivity index (χ1n) is 9.22. The second kappa shape index (κ2) is 7.90. The third-order valence-corrected chi connectivity index (χ3v) is 5.11. The van der Waals surface area contributed by atoms with Crippen molar-refractivity contribution in [2.24, 2.45) is 7.05 Å². The Morgan fingerprint density at radius 2 is 2.10 bits per heavy atom. The normalized spacial score (nSPS) is 11.4. The number of nitrogens with one attached hydrogen (secondary N) is 1. The van der Waals surface area contributed by atoms with Crippen LogP contribution < -0.4 is 0 Å². The number of fused-ring (bicyclic) bond motifs is 1. The minimum atomic E-state index is 0.420. The molecule has 0 saturated heterocycles. The molecule has 0 fully saturated rings. The lowest BCUT2D eigenvalue weighted by atomic mass is 10.0. The van der Waals surface area contributed by atoms with E-state index in [1.165, 1.54) is 0 Å². The molecule has 0 radical (unpaired) electrons. The van der Waals surface area contributed by atoms with Gasteiger partial charge < -0.3 is 4.57 Å². The highest BCUT2D eigenvalue weighted by molar-refractivity contribution is 6.32. The van der Waals surface area contributed by atoms with Crippen molar-refractivity contribution in [2.45, 2.75) is 19.8 Å². The van der Waals surface area contributed by atoms with Gasteiger partial charge in [-0.1, -0.05) is 17.7 Å². The van der Waals surface area contributed by atoms with E-state index in [1.54, 1.807) is 12.5 Å². The molecule has 29 heavy (non-hydrogen) atoms. The van der Waals surface area contributed by atoms with E-state index < -0.39 is 0 Å². The summed E-state index contributed by atoms with van der Waals surface area (Å²) in [7, 11) is 1.94. The number of hydrogen-bond acceptors (Lipinski definition) is 4. The predicted molar refractivity (Wildman–Crippen MR) is 115 cm³/mol. The zero-order chi connectivity index (χ0) is 20.4. The molecule has 0 aliphatic carbocycles. The smallest absolute Gasteiger partial charge is 0.0948 e. The minimum Gasteiger partial charge on any atom is -0.332 e. The number of H-pyrrole nitrogens is 1. The molecular formula is C22H19ClN6. The Morgan fingerprint density at radius 1 is 1.24 bits per heavy atom. The van der Waals surface area contributed by atoms with Gasteiger partial charge in [0.25, 0.3) is 0 Å². The van der Waals surface area contributed by atoms with E-state index in [2.05, 4.69) is 21.3 Å². The number of nitrogens with zero attached hydrogens (tertiary/aromatic N) is 5. The third kappa shape index (κ3) is 3.91. The van der Waals surface area contributed by atoms with Gasteiger partial charge in [0.05, 0.1) is 41.2 Å². The average molecular weight is 403 g/mol. The molecule has 0 saturated carbocycles. The van der Waals surface area contributed by atoms with Crippen LogP contribution in [0.2, 0.25) is 5.02 Å². The highest BCUT2D eigenvalue weighted by atomic mass is 35.5. The first-order valence-corrected chi connectivity index (χ1v) is 9.60. The van der Waals surface area contributed by atoms with E-state index in [-0.39, 0.29) is 0 Å². The number of hydrogen-bond donors (Lipinski definition) is 1. The summed E-state index contributed by atoms with van der Waals surface area (Å²) in [5.74, 6) is 0. The van der Waals surface area contributed by atoms with E-state index >= 15 is 0 Å². The molecule has 0 spiro atoms. The number of imidazole rings is 1. The lowest BCUT2D eigenvalue weighted by molar-refractivity contribution is 0.917. The van der Waals surface area contributed by atoms with Crippen molar-refractivity contribution in [1.82, 2.24) is 24.7 Å². The Bertz CT molecular complexity index is 1260. The monoisotopic (exact) mass is 402 g/mol. The van der Waals surface area contributed by atoms with Gasteiger partial charge in [-0.3, -0.25) is 5.10 Å². The molecule has 7 heteroatoms. The zero-order valence-corrected chi connectivity index (χ0v) is 16.9. The van der Waals surface area contributed by atoms with Crippen molar-refractivity contribution >= 4 is 34.7 Å². The van der Waals surface area contributed by atoms with Gasteiger partial charge in [-0.15, -0.1) is 0 Å². The van der Waals surface area contributed by atoms with E-state index in [1.807, 2.05) is 55.0 Å². The molecule has 0 amide bonds. The average Bonchev–Trinajstić information content (AvgIpc) is 3.32. The van der Waals surface area contributed by atoms with E-state index in [9.17, 15) is 0 Å². The number of aromatic amines is 1. The molecule has 0 bridgehead atoms. The molecule has 3 aromatic heterocycles. The molecule has 0 unspecified atom stereocenters. The number of nitriles is 1. The Kier molecular flexibility index (Phi) is 5.15. The third-order valence-electron chi connectivity index (χ3n) is 4.75. The van der Waals surface area contributed by atoms with Crippen LogP contribution in [0.3, 0.4) is 0 Å². The summed E-state index contributed by atoms with van der Waals surface area (Å²) in [6, 6.07) is 10.1. The number of rotatable bonds is 5. The summed E-state index contributed by atoms with van der Waals surface area (Å²) in [5, 5.41) is 17.8. The molecule has 0 aliphatic rings. The van der Waals surface area contributed by atoms with Gasteiger partial charge in [0.2, 0.25) is 0 Å². The van der Waals surface area contributed by atoms with Crippen LogP contribution in [0.4, 0.5) is 0 Å². The molecular weight excluding hydrogens is 384 g/mol. The van der Waals surface area contributed by atoms with E-state index in [0.29, 0.717) is 17.9 Å². The number of benzene rings is 1. The number of aromatic nitrogens is 5. The molecule has 0 atom stereocenters. The highest BCUT2D eigenvalue weighted by Gasteiger charge is 2.12. The lowest BCUT2D eigenvalue weighted by Crippen LogP contribution is -1.96. The van der Waals surface area contributed by atoms with Crippen molar-refractivity contribution < 1.29 is 0 Å². The van der Waals surface area contributed by atoms with Crippen LogP contribution in [-0.2, 0) is 13.5 Å². The lowest BCUT2D eigenvalue weighted by Gasteiger charge is -2.11. The fourth-order valence-corrected chi connectivity index (χ4v) is 3.53. The summed E-state index contributed by atoms with van der Waals surface area (Å²) in [6.07, 6.45) is 8.57. The molecule has 4 rings (SSSR count). The Morgan fingerprint density at radius 3 is 2.79 bits per heavy atom. The van der Waals surface area contributed by atoms with Crippen LogP contribution in [-0.4, -0.2) is 24.7 Å². The molecule has 1 aromatic carbocycles. The first kappa shape index (κ1) is 18.9. The largest absolute Gasteiger partial charge is 0.332 e. The first-order chi connectivity index (χ1) is 14.0. The molecule has 3 heterocycles. The molecule has 144 valence electrons. The van der Waals surface area contributed by atoms with Crippen LogP contribution in [0.5, 0.6) is 0 Å². The molecule has 4 aromatic rings. The van der Waals surface area contributed by atoms with Crippen LogP contribution >= 0.6 is 11.6 Å². The van der Waals surface area contributed by atoms with Crippen LogP contribution in [0, 0.1) is 18.3 Å². The topological polar surface area (TPSA) is 83.2 Å². The van der Waals surface area contributed by atoms with Gasteiger partial charge in [0.1, 0.15) is 0 Å². The van der Waals surface area contributed by atoms with Crippen molar-refractivity contribution in [2.75, 3.05) is 0 Å². The Hall–Kier alpha value is -3.43. The summed E-state index contributed by atoms with van der Waals surface area (Å²) in [5.41, 5.74) is 6.34. The van der Waals surface area contributed by atoms with Crippen LogP contribution in [0.15, 0.2) is 36.8 Å². The van der Waals surface area contributed by atoms with Gasteiger partial charge in [-0.05, 0) is 54.8 Å². The zero-order valence-electron chi connectivity index (χ0n) is 16.1. The van der Waals surface area contributed by atoms with Crippen molar-refractivity contribution in [1.29, 1.82) is 5.26 Å². The number of pyridine rings is 1. The predicted octanol–water partition coefficient (Wildman–Crippen LogP) is 4.95. The summed E-state index contributed by atoms with van der Waals surface area (Å²) >= 11 is 6.48. The molecule has 6 nitrogen and oxygen atoms in total. The van der Waals surface area contributed by atoms with Crippen LogP contribution in [0.1, 0.15) is 28.9 Å². The minimum absolute atomic E-state index is 0.420. The van der Waals surface area contributed by atoms with E-state index in [0.717, 1.165) is 44.8 Å². The maximum Gasteiger partial charge on any atom is 0.0948 e. The van der Waals surface area contributed by atoms with Crippen molar-refractivity contribution in [3.63, 3.8) is 0 Å². The highest BCUT2D eigenvalue weighted by Crippen LogP contribution is 2.30. The molecule has 1 N–H and O–H groups in total. The summed E-state index contributed by atoms with van der Waals surface area (Å²) in [6.45, 7) is 1.97. The Balaban J connectivity index is 1.89. The van der Waals surface area contributed by atoms with Gasteiger partial charge in [-0.2, -0.15) is 10.4 Å². The molecule has 0 aliphatic heterocycles. The Labute approximate surface area is 173 Å². The van der Waals surface area contributed by atoms with Gasteiger partial charge >= 0.3 is 0 Å². The number of aryl methyl sites for hydroxylation is 3. The second-order valence-corrected chi connectivity index (χ2v) is 7.32. The van der Waals surface area contributed by atoms with Gasteiger partial charge in [0, 0.05) is 29.6 Å². The van der Waals surface area contributed by atoms with Crippen LogP contribution in [0.25, 0.3) is 34.4 Å². The van der Waals surface area contributed by atoms with Crippen molar-refractivity contribution in [3.8, 4) is 17.5 Å². The fourth-order valence-electron chi connectivity index (χ4n) is 3.27. The second-order valence-electron chi connectivity index (χ2n) is 6.91. The standard InChI is InChI=1S/C22H19ClN6/c1-14-8-17(28-27-14)6-5-15-10-21(22-12-25-13-29(22)2)26-20-11-19(23)16(4-3-7-24)9-18(15)20/h5-6,8-13H,3-4H2,1-2H3,(H,27,28)/b6-5+. The fraction of sp³-hybridized carbons (Fsp3) is 0.182.